The van der Waals surface area contributed by atoms with Gasteiger partial charge in [-0.05, 0) is 31.0 Å². The minimum Gasteiger partial charge on any atom is -0.490 e. The zero-order chi connectivity index (χ0) is 13.1. The van der Waals surface area contributed by atoms with Crippen LogP contribution in [0.2, 0.25) is 0 Å². The van der Waals surface area contributed by atoms with Crippen LogP contribution in [0.15, 0.2) is 18.2 Å². The third kappa shape index (κ3) is 2.81. The molecular weight excluding hydrogens is 235 g/mol. The second kappa shape index (κ2) is 5.38. The summed E-state index contributed by atoms with van der Waals surface area (Å²) in [5.74, 6) is -0.745. The van der Waals surface area contributed by atoms with E-state index < -0.39 is 5.97 Å². The number of aliphatic carboxylic acids is 1. The minimum absolute atomic E-state index is 0.144. The van der Waals surface area contributed by atoms with E-state index in [0.29, 0.717) is 25.0 Å². The van der Waals surface area contributed by atoms with Crippen molar-refractivity contribution < 1.29 is 19.0 Å². The zero-order valence-electron chi connectivity index (χ0n) is 10.4. The van der Waals surface area contributed by atoms with Crippen LogP contribution in [-0.2, 0) is 11.2 Å². The van der Waals surface area contributed by atoms with Crippen LogP contribution in [0.3, 0.4) is 0 Å². The summed E-state index contributed by atoms with van der Waals surface area (Å²) >= 11 is 0. The Morgan fingerprint density at radius 1 is 1.61 bits per heavy atom. The summed E-state index contributed by atoms with van der Waals surface area (Å²) in [5, 5.41) is 9.11. The number of carboxylic acids is 1. The maximum absolute atomic E-state index is 13.1. The van der Waals surface area contributed by atoms with Gasteiger partial charge in [-0.15, -0.1) is 0 Å². The van der Waals surface area contributed by atoms with E-state index in [1.165, 1.54) is 12.1 Å². The normalized spacial score (nSPS) is 19.1. The summed E-state index contributed by atoms with van der Waals surface area (Å²) in [4.78, 5) is 11.1. The van der Waals surface area contributed by atoms with E-state index in [-0.39, 0.29) is 17.8 Å². The quantitative estimate of drug-likeness (QED) is 0.876. The molecule has 2 rings (SSSR count). The zero-order valence-corrected chi connectivity index (χ0v) is 10.4. The van der Waals surface area contributed by atoms with Crippen LogP contribution in [-0.4, -0.2) is 17.2 Å². The molecule has 0 saturated heterocycles. The van der Waals surface area contributed by atoms with Crippen LogP contribution >= 0.6 is 0 Å². The van der Waals surface area contributed by atoms with Gasteiger partial charge in [0.2, 0.25) is 0 Å². The molecule has 0 saturated carbocycles. The average Bonchev–Trinajstić information content (AvgIpc) is 2.69. The fourth-order valence-electron chi connectivity index (χ4n) is 2.43. The van der Waals surface area contributed by atoms with Crippen molar-refractivity contribution in [3.63, 3.8) is 0 Å². The first-order valence-corrected chi connectivity index (χ1v) is 6.28. The van der Waals surface area contributed by atoms with Gasteiger partial charge in [-0.3, -0.25) is 4.79 Å². The molecule has 0 radical (unpaired) electrons. The van der Waals surface area contributed by atoms with Crippen molar-refractivity contribution >= 4 is 5.97 Å². The number of carbonyl (C=O) groups is 1. The highest BCUT2D eigenvalue weighted by Crippen LogP contribution is 2.32. The summed E-state index contributed by atoms with van der Waals surface area (Å²) < 4.78 is 18.7. The smallest absolute Gasteiger partial charge is 0.306 e. The van der Waals surface area contributed by atoms with E-state index in [0.717, 1.165) is 12.0 Å². The lowest BCUT2D eigenvalue weighted by Crippen LogP contribution is -2.23. The molecule has 98 valence electrons. The highest BCUT2D eigenvalue weighted by atomic mass is 19.1. The Labute approximate surface area is 106 Å². The first-order chi connectivity index (χ1) is 8.60. The third-order valence-corrected chi connectivity index (χ3v) is 3.30. The highest BCUT2D eigenvalue weighted by Gasteiger charge is 2.28. The molecule has 0 spiro atoms. The van der Waals surface area contributed by atoms with Gasteiger partial charge in [0.05, 0.1) is 5.92 Å². The largest absolute Gasteiger partial charge is 0.490 e. The molecule has 2 atom stereocenters. The summed E-state index contributed by atoms with van der Waals surface area (Å²) in [6.07, 6.45) is 2.43. The van der Waals surface area contributed by atoms with E-state index in [2.05, 4.69) is 0 Å². The lowest BCUT2D eigenvalue weighted by Gasteiger charge is -2.16. The predicted molar refractivity (Wildman–Crippen MR) is 65.2 cm³/mol. The molecule has 0 fully saturated rings. The fourth-order valence-corrected chi connectivity index (χ4v) is 2.43. The number of benzene rings is 1. The molecule has 2 unspecified atom stereocenters. The first kappa shape index (κ1) is 12.9. The Balaban J connectivity index is 2.00. The molecule has 3 nitrogen and oxygen atoms in total. The van der Waals surface area contributed by atoms with E-state index in [4.69, 9.17) is 9.84 Å². The predicted octanol–water partition coefficient (Wildman–Crippen LogP) is 3.02. The van der Waals surface area contributed by atoms with Gasteiger partial charge in [0.1, 0.15) is 17.7 Å². The van der Waals surface area contributed by atoms with Crippen molar-refractivity contribution in [1.82, 2.24) is 0 Å². The molecule has 1 aliphatic rings. The van der Waals surface area contributed by atoms with Gasteiger partial charge in [0.25, 0.3) is 0 Å². The molecule has 0 aromatic heterocycles. The standard InChI is InChI=1S/C14H17FO3/c1-2-3-9(14(16)17)7-12-8-10-6-11(15)4-5-13(10)18-12/h4-6,9,12H,2-3,7-8H2,1H3,(H,16,17). The number of hydrogen-bond acceptors (Lipinski definition) is 2. The maximum atomic E-state index is 13.1. The average molecular weight is 252 g/mol. The van der Waals surface area contributed by atoms with E-state index >= 15 is 0 Å². The number of ether oxygens (including phenoxy) is 1. The summed E-state index contributed by atoms with van der Waals surface area (Å²) in [6.45, 7) is 1.97. The summed E-state index contributed by atoms with van der Waals surface area (Å²) in [5.41, 5.74) is 0.834. The van der Waals surface area contributed by atoms with Crippen LogP contribution in [0, 0.1) is 11.7 Å². The molecule has 18 heavy (non-hydrogen) atoms. The lowest BCUT2D eigenvalue weighted by atomic mass is 9.95. The molecule has 1 N–H and O–H groups in total. The van der Waals surface area contributed by atoms with Gasteiger partial charge < -0.3 is 9.84 Å². The molecule has 1 aliphatic heterocycles. The topological polar surface area (TPSA) is 46.5 Å². The first-order valence-electron chi connectivity index (χ1n) is 6.28. The molecule has 1 heterocycles. The molecule has 0 amide bonds. The van der Waals surface area contributed by atoms with Gasteiger partial charge in [0.15, 0.2) is 0 Å². The number of halogens is 1. The molecule has 4 heteroatoms. The Bertz CT molecular complexity index is 445. The number of carboxylic acid groups (broad SMARTS) is 1. The van der Waals surface area contributed by atoms with E-state index in [9.17, 15) is 9.18 Å². The van der Waals surface area contributed by atoms with Crippen LogP contribution in [0.5, 0.6) is 5.75 Å². The molecule has 1 aromatic carbocycles. The van der Waals surface area contributed by atoms with Gasteiger partial charge in [0, 0.05) is 12.0 Å². The Morgan fingerprint density at radius 2 is 2.39 bits per heavy atom. The van der Waals surface area contributed by atoms with Crippen molar-refractivity contribution in [3.05, 3.63) is 29.6 Å². The van der Waals surface area contributed by atoms with Crippen LogP contribution in [0.25, 0.3) is 0 Å². The van der Waals surface area contributed by atoms with Crippen molar-refractivity contribution in [2.75, 3.05) is 0 Å². The highest BCUT2D eigenvalue weighted by molar-refractivity contribution is 5.70. The van der Waals surface area contributed by atoms with E-state index in [1.54, 1.807) is 6.07 Å². The van der Waals surface area contributed by atoms with Crippen LogP contribution in [0.1, 0.15) is 31.7 Å². The minimum atomic E-state index is -0.775. The van der Waals surface area contributed by atoms with Gasteiger partial charge in [-0.2, -0.15) is 0 Å². The Hall–Kier alpha value is -1.58. The van der Waals surface area contributed by atoms with Crippen molar-refractivity contribution in [2.24, 2.45) is 5.92 Å². The van der Waals surface area contributed by atoms with Crippen molar-refractivity contribution in [3.8, 4) is 5.75 Å². The van der Waals surface area contributed by atoms with Crippen molar-refractivity contribution in [2.45, 2.75) is 38.7 Å². The van der Waals surface area contributed by atoms with Crippen LogP contribution in [0.4, 0.5) is 4.39 Å². The summed E-state index contributed by atoms with van der Waals surface area (Å²) in [6, 6.07) is 4.44. The molecule has 0 aliphatic carbocycles. The van der Waals surface area contributed by atoms with E-state index in [1.807, 2.05) is 6.92 Å². The molecular formula is C14H17FO3. The SMILES string of the molecule is CCCC(CC1Cc2cc(F)ccc2O1)C(=O)O. The number of rotatable bonds is 5. The fraction of sp³-hybridized carbons (Fsp3) is 0.500. The van der Waals surface area contributed by atoms with Gasteiger partial charge >= 0.3 is 5.97 Å². The Kier molecular flexibility index (Phi) is 3.84. The number of hydrogen-bond donors (Lipinski definition) is 1. The second-order valence-corrected chi connectivity index (χ2v) is 4.76. The van der Waals surface area contributed by atoms with Gasteiger partial charge in [-0.25, -0.2) is 4.39 Å². The second-order valence-electron chi connectivity index (χ2n) is 4.76. The number of fused-ring (bicyclic) bond motifs is 1. The molecule has 1 aromatic rings. The van der Waals surface area contributed by atoms with Crippen LogP contribution < -0.4 is 4.74 Å². The lowest BCUT2D eigenvalue weighted by molar-refractivity contribution is -0.142. The van der Waals surface area contributed by atoms with Gasteiger partial charge in [-0.1, -0.05) is 13.3 Å². The van der Waals surface area contributed by atoms with Crippen molar-refractivity contribution in [1.29, 1.82) is 0 Å². The maximum Gasteiger partial charge on any atom is 0.306 e. The Morgan fingerprint density at radius 3 is 3.06 bits per heavy atom. The molecule has 0 bridgehead atoms. The summed E-state index contributed by atoms with van der Waals surface area (Å²) in [7, 11) is 0. The third-order valence-electron chi connectivity index (χ3n) is 3.30. The monoisotopic (exact) mass is 252 g/mol.